The molecule has 0 aromatic heterocycles. The lowest BCUT2D eigenvalue weighted by atomic mass is 9.94. The first-order valence-corrected chi connectivity index (χ1v) is 8.66. The van der Waals surface area contributed by atoms with E-state index >= 15 is 0 Å². The lowest BCUT2D eigenvalue weighted by Crippen LogP contribution is -2.53. The van der Waals surface area contributed by atoms with Crippen molar-refractivity contribution in [1.29, 1.82) is 0 Å². The predicted octanol–water partition coefficient (Wildman–Crippen LogP) is -0.329. The van der Waals surface area contributed by atoms with Gasteiger partial charge in [0.05, 0.1) is 0 Å². The molecule has 20 heavy (non-hydrogen) atoms. The zero-order valence-electron chi connectivity index (χ0n) is 12.1. The highest BCUT2D eigenvalue weighted by molar-refractivity contribution is 7.86. The van der Waals surface area contributed by atoms with Gasteiger partial charge < -0.3 is 9.90 Å². The van der Waals surface area contributed by atoms with Crippen LogP contribution in [0.5, 0.6) is 0 Å². The van der Waals surface area contributed by atoms with Gasteiger partial charge in [0.2, 0.25) is 0 Å². The van der Waals surface area contributed by atoms with Gasteiger partial charge in [0.15, 0.2) is 0 Å². The average molecular weight is 303 g/mol. The molecule has 0 bridgehead atoms. The van der Waals surface area contributed by atoms with Crippen molar-refractivity contribution in [2.45, 2.75) is 33.1 Å². The molecule has 2 heterocycles. The monoisotopic (exact) mass is 303 g/mol. The number of carboxylic acid groups (broad SMARTS) is 1. The average Bonchev–Trinajstić information content (AvgIpc) is 2.37. The van der Waals surface area contributed by atoms with Crippen LogP contribution in [0.4, 0.5) is 0 Å². The van der Waals surface area contributed by atoms with Crippen LogP contribution in [-0.4, -0.2) is 49.2 Å². The third-order valence-corrected chi connectivity index (χ3v) is 6.14. The Kier molecular flexibility index (Phi) is 4.71. The highest BCUT2D eigenvalue weighted by Crippen LogP contribution is 2.27. The number of hydrogen-bond acceptors (Lipinski definition) is 4. The maximum absolute atomic E-state index is 12.6. The Labute approximate surface area is 120 Å². The lowest BCUT2D eigenvalue weighted by molar-refractivity contribution is -0.312. The van der Waals surface area contributed by atoms with Gasteiger partial charge in [0, 0.05) is 38.1 Å². The summed E-state index contributed by atoms with van der Waals surface area (Å²) >= 11 is 0. The van der Waals surface area contributed by atoms with Gasteiger partial charge in [-0.3, -0.25) is 0 Å². The Hall–Kier alpha value is -0.660. The van der Waals surface area contributed by atoms with Crippen molar-refractivity contribution in [1.82, 2.24) is 8.61 Å². The van der Waals surface area contributed by atoms with Crippen molar-refractivity contribution in [2.75, 3.05) is 26.2 Å². The molecule has 3 unspecified atom stereocenters. The standard InChI is InChI=1S/C13H24N2O4S/c1-10-6-11(2)8-15(7-10)20(18,19)14-5-3-4-12(9-14)13(16)17/h10-12H,3-9H2,1-2H3,(H,16,17)/p-1. The van der Waals surface area contributed by atoms with Crippen LogP contribution in [0.1, 0.15) is 33.1 Å². The van der Waals surface area contributed by atoms with Gasteiger partial charge in [-0.05, 0) is 31.1 Å². The molecule has 2 rings (SSSR count). The van der Waals surface area contributed by atoms with Gasteiger partial charge in [-0.15, -0.1) is 0 Å². The number of carboxylic acids is 1. The Morgan fingerprint density at radius 3 is 2.25 bits per heavy atom. The van der Waals surface area contributed by atoms with E-state index in [9.17, 15) is 18.3 Å². The highest BCUT2D eigenvalue weighted by Gasteiger charge is 2.37. The molecule has 2 saturated heterocycles. The molecule has 0 amide bonds. The van der Waals surface area contributed by atoms with E-state index < -0.39 is 22.1 Å². The molecule has 2 fully saturated rings. The molecule has 0 radical (unpaired) electrons. The Morgan fingerprint density at radius 2 is 1.70 bits per heavy atom. The first-order valence-electron chi connectivity index (χ1n) is 7.26. The van der Waals surface area contributed by atoms with E-state index in [2.05, 4.69) is 13.8 Å². The minimum absolute atomic E-state index is 0.0456. The van der Waals surface area contributed by atoms with Crippen molar-refractivity contribution in [3.8, 4) is 0 Å². The summed E-state index contributed by atoms with van der Waals surface area (Å²) in [4.78, 5) is 11.0. The second kappa shape index (κ2) is 5.99. The summed E-state index contributed by atoms with van der Waals surface area (Å²) in [6.07, 6.45) is 2.12. The van der Waals surface area contributed by atoms with Gasteiger partial charge >= 0.3 is 0 Å². The topological polar surface area (TPSA) is 80.8 Å². The second-order valence-corrected chi connectivity index (χ2v) is 8.22. The molecule has 6 nitrogen and oxygen atoms in total. The van der Waals surface area contributed by atoms with Crippen LogP contribution in [-0.2, 0) is 15.0 Å². The number of nitrogens with zero attached hydrogens (tertiary/aromatic N) is 2. The Morgan fingerprint density at radius 1 is 1.10 bits per heavy atom. The number of carbonyl (C=O) groups excluding carboxylic acids is 1. The molecule has 0 saturated carbocycles. The quantitative estimate of drug-likeness (QED) is 0.715. The summed E-state index contributed by atoms with van der Waals surface area (Å²) in [6, 6.07) is 0. The molecule has 0 aromatic rings. The van der Waals surface area contributed by atoms with Gasteiger partial charge in [-0.25, -0.2) is 0 Å². The van der Waals surface area contributed by atoms with E-state index in [0.717, 1.165) is 6.42 Å². The van der Waals surface area contributed by atoms with Gasteiger partial charge in [0.25, 0.3) is 10.2 Å². The van der Waals surface area contributed by atoms with E-state index in [1.54, 1.807) is 0 Å². The van der Waals surface area contributed by atoms with Crippen molar-refractivity contribution in [3.05, 3.63) is 0 Å². The largest absolute Gasteiger partial charge is 0.550 e. The number of hydrogen-bond donors (Lipinski definition) is 0. The van der Waals surface area contributed by atoms with Crippen molar-refractivity contribution in [2.24, 2.45) is 17.8 Å². The molecular formula is C13H23N2O4S-. The van der Waals surface area contributed by atoms with Crippen LogP contribution in [0.15, 0.2) is 0 Å². The smallest absolute Gasteiger partial charge is 0.282 e. The summed E-state index contributed by atoms with van der Waals surface area (Å²) in [7, 11) is -3.54. The van der Waals surface area contributed by atoms with Crippen LogP contribution < -0.4 is 5.11 Å². The summed E-state index contributed by atoms with van der Waals surface area (Å²) in [5.41, 5.74) is 0. The zero-order chi connectivity index (χ0) is 14.9. The van der Waals surface area contributed by atoms with Crippen LogP contribution in [0.3, 0.4) is 0 Å². The normalized spacial score (nSPS) is 34.0. The summed E-state index contributed by atoms with van der Waals surface area (Å²) in [5, 5.41) is 11.0. The number of carbonyl (C=O) groups is 1. The minimum Gasteiger partial charge on any atom is -0.550 e. The number of rotatable bonds is 3. The predicted molar refractivity (Wildman–Crippen MR) is 72.7 cm³/mol. The van der Waals surface area contributed by atoms with Crippen LogP contribution in [0.2, 0.25) is 0 Å². The molecule has 2 aliphatic rings. The molecular weight excluding hydrogens is 280 g/mol. The number of aliphatic carboxylic acids is 1. The van der Waals surface area contributed by atoms with E-state index in [1.807, 2.05) is 0 Å². The van der Waals surface area contributed by atoms with Gasteiger partial charge in [0.1, 0.15) is 0 Å². The first kappa shape index (κ1) is 15.7. The molecule has 7 heteroatoms. The highest BCUT2D eigenvalue weighted by atomic mass is 32.2. The molecule has 0 spiro atoms. The maximum atomic E-state index is 12.6. The molecule has 2 aliphatic heterocycles. The zero-order valence-corrected chi connectivity index (χ0v) is 12.9. The SMILES string of the molecule is CC1CC(C)CN(S(=O)(=O)N2CCCC(C(=O)[O-])C2)C1. The van der Waals surface area contributed by atoms with Crippen LogP contribution >= 0.6 is 0 Å². The first-order chi connectivity index (χ1) is 9.30. The lowest BCUT2D eigenvalue weighted by Gasteiger charge is -2.39. The molecule has 0 aromatic carbocycles. The third-order valence-electron chi connectivity index (χ3n) is 4.21. The summed E-state index contributed by atoms with van der Waals surface area (Å²) in [5.74, 6) is -1.14. The molecule has 3 atom stereocenters. The van der Waals surface area contributed by atoms with Crippen molar-refractivity contribution >= 4 is 16.2 Å². The fraction of sp³-hybridized carbons (Fsp3) is 0.923. The molecule has 0 aliphatic carbocycles. The maximum Gasteiger partial charge on any atom is 0.282 e. The summed E-state index contributed by atoms with van der Waals surface area (Å²) < 4.78 is 28.1. The Bertz CT molecular complexity index is 455. The summed E-state index contributed by atoms with van der Waals surface area (Å²) in [6.45, 7) is 5.62. The number of piperidine rings is 2. The fourth-order valence-corrected chi connectivity index (χ4v) is 5.24. The molecule has 116 valence electrons. The minimum atomic E-state index is -3.54. The van der Waals surface area contributed by atoms with E-state index in [1.165, 1.54) is 8.61 Å². The van der Waals surface area contributed by atoms with Gasteiger partial charge in [-0.2, -0.15) is 17.0 Å². The van der Waals surface area contributed by atoms with Crippen LogP contribution in [0.25, 0.3) is 0 Å². The fourth-order valence-electron chi connectivity index (χ4n) is 3.30. The third kappa shape index (κ3) is 3.32. The second-order valence-electron chi connectivity index (χ2n) is 6.29. The van der Waals surface area contributed by atoms with Crippen LogP contribution in [0, 0.1) is 17.8 Å². The van der Waals surface area contributed by atoms with E-state index in [-0.39, 0.29) is 6.54 Å². The van der Waals surface area contributed by atoms with Crippen molar-refractivity contribution < 1.29 is 18.3 Å². The van der Waals surface area contributed by atoms with Gasteiger partial charge in [-0.1, -0.05) is 13.8 Å². The van der Waals surface area contributed by atoms with E-state index in [4.69, 9.17) is 0 Å². The van der Waals surface area contributed by atoms with E-state index in [0.29, 0.717) is 44.3 Å². The van der Waals surface area contributed by atoms with Crippen molar-refractivity contribution in [3.63, 3.8) is 0 Å². The molecule has 0 N–H and O–H groups in total. The Balaban J connectivity index is 2.11.